The standard InChI is InChI=1S/C21H23N3O6/c1-21(2)29-19(27)14(20(28)30-21)12-22-15-8-7-13(23-9-3-5-17(23)25)11-16(15)24-10-4-6-18(24)26/h7-8,11-12,22H,3-6,9-10H2,1-2H3. The van der Waals surface area contributed by atoms with Crippen molar-refractivity contribution in [1.82, 2.24) is 0 Å². The molecule has 0 bridgehead atoms. The molecule has 3 saturated heterocycles. The van der Waals surface area contributed by atoms with Gasteiger partial charge in [0.15, 0.2) is 5.57 Å². The highest BCUT2D eigenvalue weighted by atomic mass is 16.7. The highest BCUT2D eigenvalue weighted by Gasteiger charge is 2.39. The summed E-state index contributed by atoms with van der Waals surface area (Å²) in [5, 5.41) is 2.94. The smallest absolute Gasteiger partial charge is 0.350 e. The largest absolute Gasteiger partial charge is 0.419 e. The summed E-state index contributed by atoms with van der Waals surface area (Å²) in [6.07, 6.45) is 3.70. The molecule has 0 atom stereocenters. The van der Waals surface area contributed by atoms with Gasteiger partial charge in [-0.3, -0.25) is 9.59 Å². The second kappa shape index (κ2) is 7.47. The van der Waals surface area contributed by atoms with Crippen molar-refractivity contribution in [3.8, 4) is 0 Å². The van der Waals surface area contributed by atoms with E-state index in [4.69, 9.17) is 9.47 Å². The van der Waals surface area contributed by atoms with Gasteiger partial charge in [0.05, 0.1) is 11.4 Å². The molecule has 3 aliphatic rings. The molecule has 158 valence electrons. The number of hydrogen-bond donors (Lipinski definition) is 1. The van der Waals surface area contributed by atoms with Crippen LogP contribution in [0.25, 0.3) is 0 Å². The molecule has 3 heterocycles. The zero-order valence-corrected chi connectivity index (χ0v) is 16.9. The lowest BCUT2D eigenvalue weighted by Gasteiger charge is -2.29. The molecule has 9 nitrogen and oxygen atoms in total. The van der Waals surface area contributed by atoms with E-state index in [1.807, 2.05) is 0 Å². The highest BCUT2D eigenvalue weighted by molar-refractivity contribution is 6.15. The van der Waals surface area contributed by atoms with Crippen LogP contribution in [0, 0.1) is 0 Å². The van der Waals surface area contributed by atoms with Gasteiger partial charge in [-0.1, -0.05) is 0 Å². The molecule has 0 radical (unpaired) electrons. The predicted octanol–water partition coefficient (Wildman–Crippen LogP) is 2.07. The van der Waals surface area contributed by atoms with E-state index in [1.165, 1.54) is 20.0 Å². The molecule has 3 aliphatic heterocycles. The number of carbonyl (C=O) groups excluding carboxylic acids is 4. The molecule has 4 rings (SSSR count). The fraction of sp³-hybridized carbons (Fsp3) is 0.429. The molecular formula is C21H23N3O6. The summed E-state index contributed by atoms with van der Waals surface area (Å²) < 4.78 is 10.2. The van der Waals surface area contributed by atoms with Crippen LogP contribution < -0.4 is 15.1 Å². The van der Waals surface area contributed by atoms with E-state index in [9.17, 15) is 19.2 Å². The minimum absolute atomic E-state index is 0.0196. The minimum Gasteiger partial charge on any atom is -0.419 e. The maximum absolute atomic E-state index is 12.4. The number of anilines is 3. The van der Waals surface area contributed by atoms with Gasteiger partial charge in [-0.2, -0.15) is 0 Å². The fourth-order valence-electron chi connectivity index (χ4n) is 3.79. The Morgan fingerprint density at radius 3 is 2.10 bits per heavy atom. The van der Waals surface area contributed by atoms with Crippen molar-refractivity contribution in [2.75, 3.05) is 28.2 Å². The maximum atomic E-state index is 12.4. The van der Waals surface area contributed by atoms with Crippen LogP contribution in [0.1, 0.15) is 39.5 Å². The van der Waals surface area contributed by atoms with E-state index in [-0.39, 0.29) is 17.4 Å². The van der Waals surface area contributed by atoms with Crippen molar-refractivity contribution in [3.63, 3.8) is 0 Å². The number of cyclic esters (lactones) is 2. The molecule has 0 aromatic heterocycles. The zero-order valence-electron chi connectivity index (χ0n) is 16.9. The molecule has 1 N–H and O–H groups in total. The van der Waals surface area contributed by atoms with Gasteiger partial charge in [-0.15, -0.1) is 0 Å². The van der Waals surface area contributed by atoms with Crippen LogP contribution in [0.2, 0.25) is 0 Å². The van der Waals surface area contributed by atoms with Crippen LogP contribution in [-0.4, -0.2) is 42.6 Å². The first-order valence-electron chi connectivity index (χ1n) is 9.93. The van der Waals surface area contributed by atoms with Gasteiger partial charge in [0.2, 0.25) is 11.8 Å². The maximum Gasteiger partial charge on any atom is 0.350 e. The predicted molar refractivity (Wildman–Crippen MR) is 108 cm³/mol. The highest BCUT2D eigenvalue weighted by Crippen LogP contribution is 2.35. The van der Waals surface area contributed by atoms with Crippen molar-refractivity contribution in [2.45, 2.75) is 45.3 Å². The van der Waals surface area contributed by atoms with Crippen LogP contribution in [0.4, 0.5) is 17.1 Å². The Hall–Kier alpha value is -3.36. The Labute approximate surface area is 173 Å². The normalized spacial score (nSPS) is 21.1. The number of esters is 2. The number of hydrogen-bond acceptors (Lipinski definition) is 7. The van der Waals surface area contributed by atoms with E-state index in [1.54, 1.807) is 28.0 Å². The minimum atomic E-state index is -1.32. The topological polar surface area (TPSA) is 105 Å². The number of amides is 2. The van der Waals surface area contributed by atoms with Crippen molar-refractivity contribution < 1.29 is 28.7 Å². The van der Waals surface area contributed by atoms with Crippen molar-refractivity contribution in [1.29, 1.82) is 0 Å². The van der Waals surface area contributed by atoms with Gasteiger partial charge in [-0.25, -0.2) is 9.59 Å². The number of benzene rings is 1. The third kappa shape index (κ3) is 3.74. The number of nitrogens with zero attached hydrogens (tertiary/aromatic N) is 2. The molecular weight excluding hydrogens is 390 g/mol. The molecule has 30 heavy (non-hydrogen) atoms. The van der Waals surface area contributed by atoms with Gasteiger partial charge in [-0.05, 0) is 31.0 Å². The molecule has 3 fully saturated rings. The van der Waals surface area contributed by atoms with Crippen molar-refractivity contribution in [2.24, 2.45) is 0 Å². The Morgan fingerprint density at radius 1 is 0.933 bits per heavy atom. The summed E-state index contributed by atoms with van der Waals surface area (Å²) >= 11 is 0. The molecule has 1 aromatic rings. The van der Waals surface area contributed by atoms with Crippen LogP contribution in [0.15, 0.2) is 30.0 Å². The van der Waals surface area contributed by atoms with Crippen LogP contribution >= 0.6 is 0 Å². The Morgan fingerprint density at radius 2 is 1.53 bits per heavy atom. The summed E-state index contributed by atoms with van der Waals surface area (Å²) in [5.74, 6) is -2.87. The Kier molecular flexibility index (Phi) is 4.97. The number of rotatable bonds is 4. The molecule has 1 aromatic carbocycles. The molecule has 0 saturated carbocycles. The van der Waals surface area contributed by atoms with Crippen molar-refractivity contribution >= 4 is 40.8 Å². The van der Waals surface area contributed by atoms with Crippen LogP contribution in [-0.2, 0) is 28.7 Å². The SMILES string of the molecule is CC1(C)OC(=O)C(=CNc2ccc(N3CCCC3=O)cc2N2CCCC2=O)C(=O)O1. The van der Waals surface area contributed by atoms with E-state index < -0.39 is 17.7 Å². The summed E-state index contributed by atoms with van der Waals surface area (Å²) in [6.45, 7) is 4.14. The molecule has 0 aliphatic carbocycles. The molecule has 2 amide bonds. The average molecular weight is 413 g/mol. The zero-order chi connectivity index (χ0) is 21.5. The number of ether oxygens (including phenoxy) is 2. The van der Waals surface area contributed by atoms with Crippen LogP contribution in [0.5, 0.6) is 0 Å². The van der Waals surface area contributed by atoms with Gasteiger partial charge < -0.3 is 24.6 Å². The first-order chi connectivity index (χ1) is 14.2. The van der Waals surface area contributed by atoms with E-state index >= 15 is 0 Å². The Balaban J connectivity index is 1.65. The van der Waals surface area contributed by atoms with E-state index in [0.29, 0.717) is 43.0 Å². The van der Waals surface area contributed by atoms with E-state index in [0.717, 1.165) is 12.8 Å². The molecule has 0 spiro atoms. The van der Waals surface area contributed by atoms with Gasteiger partial charge in [0.25, 0.3) is 5.79 Å². The fourth-order valence-corrected chi connectivity index (χ4v) is 3.79. The average Bonchev–Trinajstić information content (AvgIpc) is 3.28. The van der Waals surface area contributed by atoms with Gasteiger partial charge >= 0.3 is 11.9 Å². The summed E-state index contributed by atoms with van der Waals surface area (Å²) in [5.41, 5.74) is 1.55. The number of carbonyl (C=O) groups is 4. The van der Waals surface area contributed by atoms with Gasteiger partial charge in [0.1, 0.15) is 0 Å². The van der Waals surface area contributed by atoms with E-state index in [2.05, 4.69) is 5.32 Å². The summed E-state index contributed by atoms with van der Waals surface area (Å²) in [4.78, 5) is 52.2. The lowest BCUT2D eigenvalue weighted by atomic mass is 10.2. The monoisotopic (exact) mass is 413 g/mol. The van der Waals surface area contributed by atoms with Crippen molar-refractivity contribution in [3.05, 3.63) is 30.0 Å². The Bertz CT molecular complexity index is 945. The first-order valence-corrected chi connectivity index (χ1v) is 9.93. The van der Waals surface area contributed by atoms with Gasteiger partial charge in [0, 0.05) is 51.7 Å². The molecule has 9 heteroatoms. The first kappa shape index (κ1) is 19.9. The lowest BCUT2D eigenvalue weighted by molar-refractivity contribution is -0.222. The second-order valence-electron chi connectivity index (χ2n) is 7.88. The van der Waals surface area contributed by atoms with Crippen LogP contribution in [0.3, 0.4) is 0 Å². The quantitative estimate of drug-likeness (QED) is 0.458. The lowest BCUT2D eigenvalue weighted by Crippen LogP contribution is -2.42. The third-order valence-electron chi connectivity index (χ3n) is 5.22. The third-order valence-corrected chi connectivity index (χ3v) is 5.22. The summed E-state index contributed by atoms with van der Waals surface area (Å²) in [6, 6.07) is 5.28. The summed E-state index contributed by atoms with van der Waals surface area (Å²) in [7, 11) is 0. The molecule has 0 unspecified atom stereocenters. The number of nitrogens with one attached hydrogen (secondary N) is 1. The second-order valence-corrected chi connectivity index (χ2v) is 7.88.